The summed E-state index contributed by atoms with van der Waals surface area (Å²) in [4.78, 5) is 29.5. The van der Waals surface area contributed by atoms with Gasteiger partial charge in [-0.1, -0.05) is 6.07 Å². The number of aromatic nitrogens is 6. The van der Waals surface area contributed by atoms with Crippen molar-refractivity contribution >= 4 is 27.9 Å². The van der Waals surface area contributed by atoms with Gasteiger partial charge in [0.2, 0.25) is 5.82 Å². The number of aromatic amines is 2. The third kappa shape index (κ3) is 3.20. The maximum absolute atomic E-state index is 12.4. The van der Waals surface area contributed by atoms with Gasteiger partial charge in [0.15, 0.2) is 0 Å². The number of benzene rings is 1. The zero-order valence-electron chi connectivity index (χ0n) is 15.5. The highest BCUT2D eigenvalue weighted by Crippen LogP contribution is 2.28. The number of esters is 1. The van der Waals surface area contributed by atoms with E-state index in [1.54, 1.807) is 12.4 Å². The van der Waals surface area contributed by atoms with Gasteiger partial charge in [-0.2, -0.15) is 0 Å². The van der Waals surface area contributed by atoms with Gasteiger partial charge in [0.1, 0.15) is 6.61 Å². The Labute approximate surface area is 165 Å². The first kappa shape index (κ1) is 17.1. The lowest BCUT2D eigenvalue weighted by Gasteiger charge is -2.02. The average molecular weight is 384 g/mol. The van der Waals surface area contributed by atoms with Crippen LogP contribution in [0.4, 0.5) is 0 Å². The third-order valence-corrected chi connectivity index (χ3v) is 4.61. The summed E-state index contributed by atoms with van der Waals surface area (Å²) in [6.45, 7) is 1.96. The van der Waals surface area contributed by atoms with Gasteiger partial charge in [-0.15, -0.1) is 0 Å². The van der Waals surface area contributed by atoms with E-state index >= 15 is 0 Å². The number of hydrogen-bond acceptors (Lipinski definition) is 6. The minimum Gasteiger partial charge on any atom is -0.453 e. The molecule has 2 N–H and O–H groups in total. The van der Waals surface area contributed by atoms with Crippen molar-refractivity contribution in [3.8, 4) is 11.3 Å². The van der Waals surface area contributed by atoms with Crippen molar-refractivity contribution in [1.82, 2.24) is 30.1 Å². The van der Waals surface area contributed by atoms with Crippen molar-refractivity contribution in [2.24, 2.45) is 0 Å². The topological polar surface area (TPSA) is 109 Å². The maximum Gasteiger partial charge on any atom is 0.376 e. The van der Waals surface area contributed by atoms with E-state index < -0.39 is 5.97 Å². The molecule has 0 unspecified atom stereocenters. The molecule has 0 spiro atoms. The molecule has 0 bridgehead atoms. The van der Waals surface area contributed by atoms with Crippen LogP contribution in [0.1, 0.15) is 22.0 Å². The monoisotopic (exact) mass is 384 g/mol. The molecular formula is C21H16N6O2. The fraction of sp³-hybridized carbons (Fsp3) is 0.0952. The Hall–Kier alpha value is -4.07. The Balaban J connectivity index is 1.44. The first-order chi connectivity index (χ1) is 14.2. The van der Waals surface area contributed by atoms with Crippen molar-refractivity contribution in [3.05, 3.63) is 72.1 Å². The molecule has 0 fully saturated rings. The Morgan fingerprint density at radius 1 is 1.00 bits per heavy atom. The van der Waals surface area contributed by atoms with E-state index in [1.807, 2.05) is 49.4 Å². The molecule has 29 heavy (non-hydrogen) atoms. The summed E-state index contributed by atoms with van der Waals surface area (Å²) in [7, 11) is 0. The van der Waals surface area contributed by atoms with Crippen molar-refractivity contribution in [1.29, 1.82) is 0 Å². The second kappa shape index (κ2) is 6.83. The summed E-state index contributed by atoms with van der Waals surface area (Å²) >= 11 is 0. The molecule has 4 aromatic heterocycles. The van der Waals surface area contributed by atoms with Crippen LogP contribution in [0.15, 0.2) is 54.9 Å². The number of nitrogens with one attached hydrogen (secondary N) is 2. The zero-order chi connectivity index (χ0) is 19.8. The van der Waals surface area contributed by atoms with Crippen LogP contribution in [-0.2, 0) is 11.3 Å². The number of fused-ring (bicyclic) bond motifs is 2. The van der Waals surface area contributed by atoms with Crippen LogP contribution < -0.4 is 0 Å². The predicted octanol–water partition coefficient (Wildman–Crippen LogP) is 3.56. The lowest BCUT2D eigenvalue weighted by Crippen LogP contribution is -2.08. The van der Waals surface area contributed by atoms with Crippen LogP contribution in [0.25, 0.3) is 33.2 Å². The fourth-order valence-corrected chi connectivity index (χ4v) is 3.24. The molecule has 5 rings (SSSR count). The van der Waals surface area contributed by atoms with Gasteiger partial charge in [0.25, 0.3) is 0 Å². The maximum atomic E-state index is 12.4. The Morgan fingerprint density at radius 2 is 1.79 bits per heavy atom. The van der Waals surface area contributed by atoms with Crippen LogP contribution in [0.2, 0.25) is 0 Å². The Kier molecular flexibility index (Phi) is 4.02. The highest BCUT2D eigenvalue weighted by atomic mass is 16.5. The number of H-pyrrole nitrogens is 2. The number of imidazole rings is 1. The number of nitrogens with zero attached hydrogens (tertiary/aromatic N) is 4. The summed E-state index contributed by atoms with van der Waals surface area (Å²) in [5.41, 5.74) is 5.58. The van der Waals surface area contributed by atoms with Crippen molar-refractivity contribution in [2.45, 2.75) is 13.5 Å². The van der Waals surface area contributed by atoms with Crippen LogP contribution in [0.5, 0.6) is 0 Å². The van der Waals surface area contributed by atoms with E-state index in [1.165, 1.54) is 0 Å². The minimum atomic E-state index is -0.575. The molecule has 0 aliphatic rings. The number of aryl methyl sites for hydroxylation is 1. The quantitative estimate of drug-likeness (QED) is 0.459. The zero-order valence-corrected chi connectivity index (χ0v) is 15.5. The van der Waals surface area contributed by atoms with Crippen LogP contribution in [-0.4, -0.2) is 36.1 Å². The molecule has 142 valence electrons. The van der Waals surface area contributed by atoms with Crippen LogP contribution >= 0.6 is 0 Å². The van der Waals surface area contributed by atoms with E-state index in [0.29, 0.717) is 16.7 Å². The summed E-state index contributed by atoms with van der Waals surface area (Å²) in [5.74, 6) is -0.538. The second-order valence-corrected chi connectivity index (χ2v) is 6.64. The van der Waals surface area contributed by atoms with Gasteiger partial charge < -0.3 is 9.84 Å². The Bertz CT molecular complexity index is 1340. The summed E-state index contributed by atoms with van der Waals surface area (Å²) in [6, 6.07) is 13.2. The van der Waals surface area contributed by atoms with E-state index in [-0.39, 0.29) is 12.4 Å². The first-order valence-electron chi connectivity index (χ1n) is 9.05. The third-order valence-electron chi connectivity index (χ3n) is 4.61. The summed E-state index contributed by atoms with van der Waals surface area (Å²) in [5, 5.41) is 7.25. The molecular weight excluding hydrogens is 368 g/mol. The van der Waals surface area contributed by atoms with Gasteiger partial charge in [0.05, 0.1) is 27.9 Å². The van der Waals surface area contributed by atoms with Gasteiger partial charge in [0, 0.05) is 29.0 Å². The number of carbonyl (C=O) groups is 1. The molecule has 0 aliphatic heterocycles. The molecule has 8 nitrogen and oxygen atoms in total. The van der Waals surface area contributed by atoms with Crippen molar-refractivity contribution < 1.29 is 9.53 Å². The number of pyridine rings is 2. The molecule has 0 aliphatic carbocycles. The van der Waals surface area contributed by atoms with E-state index in [0.717, 1.165) is 27.9 Å². The van der Waals surface area contributed by atoms with Crippen molar-refractivity contribution in [3.63, 3.8) is 0 Å². The predicted molar refractivity (Wildman–Crippen MR) is 107 cm³/mol. The number of hydrogen-bond donors (Lipinski definition) is 2. The Morgan fingerprint density at radius 3 is 2.59 bits per heavy atom. The number of carbonyl (C=O) groups excluding carboxylic acids is 1. The number of rotatable bonds is 4. The molecule has 0 saturated heterocycles. The van der Waals surface area contributed by atoms with E-state index in [2.05, 4.69) is 30.1 Å². The van der Waals surface area contributed by atoms with Gasteiger partial charge in [-0.3, -0.25) is 15.1 Å². The van der Waals surface area contributed by atoms with Gasteiger partial charge in [-0.25, -0.2) is 14.8 Å². The van der Waals surface area contributed by atoms with Crippen molar-refractivity contribution in [2.75, 3.05) is 0 Å². The molecule has 8 heteroatoms. The molecule has 4 heterocycles. The van der Waals surface area contributed by atoms with E-state index in [4.69, 9.17) is 4.74 Å². The van der Waals surface area contributed by atoms with Gasteiger partial charge in [-0.05, 0) is 43.3 Å². The normalized spacial score (nSPS) is 11.2. The summed E-state index contributed by atoms with van der Waals surface area (Å²) < 4.78 is 5.32. The van der Waals surface area contributed by atoms with E-state index in [9.17, 15) is 4.79 Å². The largest absolute Gasteiger partial charge is 0.453 e. The lowest BCUT2D eigenvalue weighted by molar-refractivity contribution is 0.0455. The van der Waals surface area contributed by atoms with Crippen LogP contribution in [0, 0.1) is 6.92 Å². The minimum absolute atomic E-state index is 0.0368. The lowest BCUT2D eigenvalue weighted by atomic mass is 10.1. The summed E-state index contributed by atoms with van der Waals surface area (Å²) in [6.07, 6.45) is 3.47. The highest BCUT2D eigenvalue weighted by Gasteiger charge is 2.17. The first-order valence-corrected chi connectivity index (χ1v) is 9.05. The average Bonchev–Trinajstić information content (AvgIpc) is 3.34. The van der Waals surface area contributed by atoms with Crippen LogP contribution in [0.3, 0.4) is 0 Å². The standard InChI is InChI=1S/C21H16N6O2/c1-12-3-2-4-14(23-12)11-29-21(28)20-24-17-9-15-16(10-18(17)25-20)26-27-19(15)13-5-7-22-8-6-13/h2-10,26-27H,11H2,1H3. The molecule has 5 aromatic rings. The molecule has 0 saturated carbocycles. The SMILES string of the molecule is Cc1cccc(COC(=O)c2nc3cc4[nH][nH]c(-c5ccncc5)c4cc3n2)n1. The van der Waals surface area contributed by atoms with Gasteiger partial charge >= 0.3 is 5.97 Å². The molecule has 0 amide bonds. The fourth-order valence-electron chi connectivity index (χ4n) is 3.24. The molecule has 0 atom stereocenters. The highest BCUT2D eigenvalue weighted by molar-refractivity contribution is 6.01. The second-order valence-electron chi connectivity index (χ2n) is 6.64. The molecule has 0 radical (unpaired) electrons. The molecule has 1 aromatic carbocycles. The number of ether oxygens (including phenoxy) is 1. The smallest absolute Gasteiger partial charge is 0.376 e.